The third-order valence-corrected chi connectivity index (χ3v) is 4.51. The zero-order chi connectivity index (χ0) is 17.1. The Labute approximate surface area is 146 Å². The number of nitrogens with one attached hydrogen (secondary N) is 1. The van der Waals surface area contributed by atoms with Crippen LogP contribution in [-0.2, 0) is 4.79 Å². The first-order chi connectivity index (χ1) is 11.6. The summed E-state index contributed by atoms with van der Waals surface area (Å²) < 4.78 is 0. The molecule has 3 aromatic heterocycles. The molecule has 7 heteroatoms. The third-order valence-electron chi connectivity index (χ3n) is 3.65. The highest BCUT2D eigenvalue weighted by atomic mass is 32.1. The Morgan fingerprint density at radius 3 is 3.00 bits per heavy atom. The normalized spacial score (nSPS) is 11.3. The largest absolute Gasteiger partial charge is 0.346 e. The first kappa shape index (κ1) is 16.6. The summed E-state index contributed by atoms with van der Waals surface area (Å²) >= 11 is 1.48. The average molecular weight is 345 g/mol. The van der Waals surface area contributed by atoms with Gasteiger partial charge in [0, 0.05) is 31.4 Å². The van der Waals surface area contributed by atoms with Gasteiger partial charge in [0.25, 0.3) is 0 Å². The SMILES string of the molecule is CCCN(C(=O)CC(C)C)c1nc(-c2ncnc3[nH]ccc23)cs1.[HH]. The Kier molecular flexibility index (Phi) is 4.89. The lowest BCUT2D eigenvalue weighted by atomic mass is 10.1. The molecule has 0 aromatic carbocycles. The fourth-order valence-electron chi connectivity index (χ4n) is 2.58. The molecule has 128 valence electrons. The van der Waals surface area contributed by atoms with Gasteiger partial charge < -0.3 is 4.98 Å². The van der Waals surface area contributed by atoms with Gasteiger partial charge in [0.2, 0.25) is 5.91 Å². The molecule has 0 aliphatic heterocycles. The number of thiazole rings is 1. The van der Waals surface area contributed by atoms with E-state index in [1.807, 2.05) is 17.6 Å². The second kappa shape index (κ2) is 7.09. The van der Waals surface area contributed by atoms with Crippen molar-refractivity contribution in [3.8, 4) is 11.4 Å². The fraction of sp³-hybridized carbons (Fsp3) is 0.412. The first-order valence-electron chi connectivity index (χ1n) is 8.14. The Balaban J connectivity index is 0.00000225. The van der Waals surface area contributed by atoms with Crippen LogP contribution in [0.15, 0.2) is 24.0 Å². The Morgan fingerprint density at radius 1 is 1.42 bits per heavy atom. The lowest BCUT2D eigenvalue weighted by Crippen LogP contribution is -2.32. The number of amides is 1. The van der Waals surface area contributed by atoms with Gasteiger partial charge in [0.15, 0.2) is 5.13 Å². The van der Waals surface area contributed by atoms with Crippen LogP contribution >= 0.6 is 11.3 Å². The van der Waals surface area contributed by atoms with E-state index in [-0.39, 0.29) is 7.33 Å². The van der Waals surface area contributed by atoms with Gasteiger partial charge in [-0.3, -0.25) is 9.69 Å². The van der Waals surface area contributed by atoms with Gasteiger partial charge in [0.1, 0.15) is 23.4 Å². The number of nitrogens with zero attached hydrogens (tertiary/aromatic N) is 4. The third kappa shape index (κ3) is 3.31. The van der Waals surface area contributed by atoms with E-state index in [9.17, 15) is 4.79 Å². The van der Waals surface area contributed by atoms with Crippen LogP contribution in [0.2, 0.25) is 0 Å². The molecule has 0 atom stereocenters. The maximum Gasteiger partial charge on any atom is 0.229 e. The zero-order valence-corrected chi connectivity index (χ0v) is 14.9. The molecule has 0 aliphatic carbocycles. The van der Waals surface area contributed by atoms with Crippen LogP contribution in [0.5, 0.6) is 0 Å². The van der Waals surface area contributed by atoms with Gasteiger partial charge in [-0.25, -0.2) is 15.0 Å². The van der Waals surface area contributed by atoms with Crippen LogP contribution in [0.25, 0.3) is 22.4 Å². The van der Waals surface area contributed by atoms with E-state index in [0.29, 0.717) is 18.9 Å². The molecule has 3 rings (SSSR count). The molecule has 0 fully saturated rings. The van der Waals surface area contributed by atoms with Crippen LogP contribution in [-0.4, -0.2) is 32.4 Å². The van der Waals surface area contributed by atoms with Crippen molar-refractivity contribution in [1.29, 1.82) is 0 Å². The number of aromatic amines is 1. The van der Waals surface area contributed by atoms with Crippen molar-refractivity contribution in [2.24, 2.45) is 5.92 Å². The van der Waals surface area contributed by atoms with Crippen LogP contribution in [0, 0.1) is 5.92 Å². The lowest BCUT2D eigenvalue weighted by Gasteiger charge is -2.20. The number of hydrogen-bond acceptors (Lipinski definition) is 5. The van der Waals surface area contributed by atoms with E-state index in [2.05, 4.69) is 40.7 Å². The van der Waals surface area contributed by atoms with Crippen LogP contribution in [0.4, 0.5) is 5.13 Å². The van der Waals surface area contributed by atoms with E-state index >= 15 is 0 Å². The molecule has 24 heavy (non-hydrogen) atoms. The fourth-order valence-corrected chi connectivity index (χ4v) is 3.44. The molecule has 0 saturated heterocycles. The van der Waals surface area contributed by atoms with Gasteiger partial charge in [-0.1, -0.05) is 20.8 Å². The quantitative estimate of drug-likeness (QED) is 0.729. The molecule has 0 radical (unpaired) electrons. The number of H-pyrrole nitrogens is 1. The molecular weight excluding hydrogens is 322 g/mol. The summed E-state index contributed by atoms with van der Waals surface area (Å²) in [6, 6.07) is 1.94. The monoisotopic (exact) mass is 345 g/mol. The second-order valence-corrected chi connectivity index (χ2v) is 6.96. The van der Waals surface area contributed by atoms with E-state index in [1.165, 1.54) is 17.7 Å². The van der Waals surface area contributed by atoms with Crippen molar-refractivity contribution in [1.82, 2.24) is 19.9 Å². The lowest BCUT2D eigenvalue weighted by molar-refractivity contribution is -0.119. The van der Waals surface area contributed by atoms with E-state index in [4.69, 9.17) is 0 Å². The molecule has 0 spiro atoms. The number of carbonyl (C=O) groups excluding carboxylic acids is 1. The molecule has 3 heterocycles. The first-order valence-corrected chi connectivity index (χ1v) is 9.02. The van der Waals surface area contributed by atoms with Gasteiger partial charge in [-0.15, -0.1) is 11.3 Å². The highest BCUT2D eigenvalue weighted by Gasteiger charge is 2.20. The molecule has 1 amide bonds. The molecule has 0 aliphatic rings. The Morgan fingerprint density at radius 2 is 2.25 bits per heavy atom. The van der Waals surface area contributed by atoms with Crippen molar-refractivity contribution in [3.63, 3.8) is 0 Å². The number of fused-ring (bicyclic) bond motifs is 1. The smallest absolute Gasteiger partial charge is 0.229 e. The number of aromatic nitrogens is 4. The summed E-state index contributed by atoms with van der Waals surface area (Å²) in [7, 11) is 0. The maximum absolute atomic E-state index is 12.5. The van der Waals surface area contributed by atoms with Gasteiger partial charge in [-0.05, 0) is 18.4 Å². The summed E-state index contributed by atoms with van der Waals surface area (Å²) in [6.07, 6.45) is 4.80. The maximum atomic E-state index is 12.5. The minimum atomic E-state index is 0. The highest BCUT2D eigenvalue weighted by Crippen LogP contribution is 2.30. The topological polar surface area (TPSA) is 74.8 Å². The molecule has 0 bridgehead atoms. The number of rotatable bonds is 6. The number of carbonyl (C=O) groups is 1. The minimum absolute atomic E-state index is 0. The molecular formula is C17H23N5OS. The average Bonchev–Trinajstić information content (AvgIpc) is 3.20. The van der Waals surface area contributed by atoms with Crippen molar-refractivity contribution in [2.75, 3.05) is 11.4 Å². The van der Waals surface area contributed by atoms with Crippen molar-refractivity contribution >= 4 is 33.4 Å². The second-order valence-electron chi connectivity index (χ2n) is 6.12. The molecule has 0 saturated carbocycles. The van der Waals surface area contributed by atoms with E-state index in [0.717, 1.165) is 34.0 Å². The molecule has 6 nitrogen and oxygen atoms in total. The van der Waals surface area contributed by atoms with Crippen molar-refractivity contribution in [3.05, 3.63) is 24.0 Å². The van der Waals surface area contributed by atoms with Gasteiger partial charge in [0.05, 0.1) is 0 Å². The molecule has 0 unspecified atom stereocenters. The zero-order valence-electron chi connectivity index (χ0n) is 14.1. The Bertz CT molecular complexity index is 844. The van der Waals surface area contributed by atoms with Crippen LogP contribution in [0.1, 0.15) is 35.0 Å². The predicted octanol–water partition coefficient (Wildman–Crippen LogP) is 4.12. The van der Waals surface area contributed by atoms with Crippen LogP contribution in [0.3, 0.4) is 0 Å². The summed E-state index contributed by atoms with van der Waals surface area (Å²) in [5, 5.41) is 3.62. The van der Waals surface area contributed by atoms with Gasteiger partial charge in [-0.2, -0.15) is 0 Å². The summed E-state index contributed by atoms with van der Waals surface area (Å²) in [5.41, 5.74) is 2.35. The van der Waals surface area contributed by atoms with E-state index < -0.39 is 0 Å². The summed E-state index contributed by atoms with van der Waals surface area (Å²) in [6.45, 7) is 6.86. The number of anilines is 1. The van der Waals surface area contributed by atoms with Crippen molar-refractivity contribution < 1.29 is 6.22 Å². The Hall–Kier alpha value is -2.28. The predicted molar refractivity (Wildman–Crippen MR) is 99.2 cm³/mol. The summed E-state index contributed by atoms with van der Waals surface area (Å²) in [4.78, 5) is 30.6. The van der Waals surface area contributed by atoms with Gasteiger partial charge >= 0.3 is 0 Å². The standard InChI is InChI=1S/C17H21N5OS.H2/c1-4-7-22(14(23)8-11(2)3)17-21-13(9-24-17)15-12-5-6-18-16(12)20-10-19-15;/h5-6,9-11H,4,7-8H2,1-3H3,(H,18,19,20);1H. The van der Waals surface area contributed by atoms with E-state index in [1.54, 1.807) is 4.90 Å². The molecule has 1 N–H and O–H groups in total. The van der Waals surface area contributed by atoms with Crippen molar-refractivity contribution in [2.45, 2.75) is 33.6 Å². The number of hydrogen-bond donors (Lipinski definition) is 1. The highest BCUT2D eigenvalue weighted by molar-refractivity contribution is 7.14. The molecule has 3 aromatic rings. The van der Waals surface area contributed by atoms with Crippen LogP contribution < -0.4 is 4.90 Å². The summed E-state index contributed by atoms with van der Waals surface area (Å²) in [5.74, 6) is 0.458. The minimum Gasteiger partial charge on any atom is -0.346 e.